The summed E-state index contributed by atoms with van der Waals surface area (Å²) in [5.74, 6) is -1.53. The van der Waals surface area contributed by atoms with E-state index in [2.05, 4.69) is 9.68 Å². The smallest absolute Gasteiger partial charge is 0.311 e. The molecule has 0 fully saturated rings. The molecule has 2 N–H and O–H groups in total. The lowest BCUT2D eigenvalue weighted by atomic mass is 10.0. The number of rotatable bonds is 2. The molecule has 0 amide bonds. The largest absolute Gasteiger partial charge is 0.481 e. The predicted molar refractivity (Wildman–Crippen MR) is 40.1 cm³/mol. The first kappa shape index (κ1) is 8.58. The van der Waals surface area contributed by atoms with Crippen molar-refractivity contribution in [3.8, 4) is 0 Å². The quantitative estimate of drug-likeness (QED) is 0.677. The number of aromatic nitrogens is 1. The summed E-state index contributed by atoms with van der Waals surface area (Å²) in [7, 11) is 0. The third-order valence-corrected chi connectivity index (χ3v) is 1.72. The lowest BCUT2D eigenvalue weighted by Crippen LogP contribution is -2.16. The number of carbonyl (C=O) groups is 1. The van der Waals surface area contributed by atoms with Crippen LogP contribution in [0.4, 0.5) is 0 Å². The van der Waals surface area contributed by atoms with Crippen molar-refractivity contribution in [1.82, 2.24) is 5.16 Å². The molecule has 0 saturated heterocycles. The number of hydrogen-bond acceptors (Lipinski definition) is 3. The number of nitrogens with one attached hydrogen (secondary N) is 1. The second kappa shape index (κ2) is 2.84. The Labute approximate surface area is 68.0 Å². The van der Waals surface area contributed by atoms with Crippen molar-refractivity contribution in [3.63, 3.8) is 0 Å². The lowest BCUT2D eigenvalue weighted by molar-refractivity contribution is -0.138. The minimum atomic E-state index is -1.04. The van der Waals surface area contributed by atoms with Crippen LogP contribution in [0.15, 0.2) is 9.32 Å². The summed E-state index contributed by atoms with van der Waals surface area (Å²) in [4.78, 5) is 21.5. The zero-order valence-electron chi connectivity index (χ0n) is 6.75. The van der Waals surface area contributed by atoms with Gasteiger partial charge in [0.2, 0.25) is 0 Å². The van der Waals surface area contributed by atoms with Gasteiger partial charge in [-0.15, -0.1) is 0 Å². The van der Waals surface area contributed by atoms with Gasteiger partial charge in [0.15, 0.2) is 0 Å². The van der Waals surface area contributed by atoms with Crippen LogP contribution in [-0.4, -0.2) is 16.2 Å². The molecule has 1 atom stereocenters. The van der Waals surface area contributed by atoms with Crippen molar-refractivity contribution in [2.45, 2.75) is 19.8 Å². The van der Waals surface area contributed by atoms with Crippen molar-refractivity contribution >= 4 is 5.97 Å². The highest BCUT2D eigenvalue weighted by molar-refractivity contribution is 5.75. The molecule has 1 rings (SSSR count). The van der Waals surface area contributed by atoms with Crippen LogP contribution in [0.3, 0.4) is 0 Å². The minimum Gasteiger partial charge on any atom is -0.481 e. The molecule has 0 saturated carbocycles. The summed E-state index contributed by atoms with van der Waals surface area (Å²) < 4.78 is 4.67. The topological polar surface area (TPSA) is 83.3 Å². The molecule has 0 aliphatic carbocycles. The highest BCUT2D eigenvalue weighted by Gasteiger charge is 2.21. The van der Waals surface area contributed by atoms with E-state index in [0.29, 0.717) is 5.76 Å². The molecule has 1 unspecified atom stereocenters. The van der Waals surface area contributed by atoms with Gasteiger partial charge in [-0.2, -0.15) is 5.16 Å². The van der Waals surface area contributed by atoms with E-state index in [0.717, 1.165) is 0 Å². The zero-order chi connectivity index (χ0) is 9.30. The molecular formula is C7H9NO4. The highest BCUT2D eigenvalue weighted by atomic mass is 16.5. The second-order valence-corrected chi connectivity index (χ2v) is 2.56. The molecule has 0 aromatic carbocycles. The predicted octanol–water partition coefficient (Wildman–Crippen LogP) is 0.464. The molecule has 1 aromatic heterocycles. The zero-order valence-corrected chi connectivity index (χ0v) is 6.75. The number of aliphatic carboxylic acids is 1. The Morgan fingerprint density at radius 3 is 2.58 bits per heavy atom. The Morgan fingerprint density at radius 1 is 1.67 bits per heavy atom. The third-order valence-electron chi connectivity index (χ3n) is 1.72. The number of aryl methyl sites for hydroxylation is 1. The van der Waals surface area contributed by atoms with Crippen LogP contribution in [0.1, 0.15) is 24.2 Å². The summed E-state index contributed by atoms with van der Waals surface area (Å²) >= 11 is 0. The maximum Gasteiger partial charge on any atom is 0.311 e. The van der Waals surface area contributed by atoms with Crippen molar-refractivity contribution < 1.29 is 14.4 Å². The molecule has 12 heavy (non-hydrogen) atoms. The van der Waals surface area contributed by atoms with E-state index in [4.69, 9.17) is 5.11 Å². The number of aromatic amines is 1. The lowest BCUT2D eigenvalue weighted by Gasteiger charge is -2.00. The number of H-pyrrole nitrogens is 1. The van der Waals surface area contributed by atoms with Gasteiger partial charge in [-0.05, 0) is 13.8 Å². The van der Waals surface area contributed by atoms with Gasteiger partial charge in [0.05, 0.1) is 11.5 Å². The first-order valence-corrected chi connectivity index (χ1v) is 3.44. The molecule has 1 heterocycles. The average Bonchev–Trinajstić information content (AvgIpc) is 2.30. The van der Waals surface area contributed by atoms with Crippen LogP contribution >= 0.6 is 0 Å². The summed E-state index contributed by atoms with van der Waals surface area (Å²) in [6, 6.07) is 0. The van der Waals surface area contributed by atoms with Crippen molar-refractivity contribution in [2.75, 3.05) is 0 Å². The standard InChI is InChI=1S/C7H9NO4/c1-3(7(10)11)5-4(2)12-8-6(5)9/h3H,1-2H3,(H,8,9)(H,10,11). The molecule has 66 valence electrons. The number of carboxylic acid groups (broad SMARTS) is 1. The fourth-order valence-electron chi connectivity index (χ4n) is 1.02. The Hall–Kier alpha value is -1.52. The SMILES string of the molecule is Cc1o[nH]c(=O)c1C(C)C(=O)O. The van der Waals surface area contributed by atoms with Gasteiger partial charge in [-0.1, -0.05) is 0 Å². The van der Waals surface area contributed by atoms with E-state index in [1.165, 1.54) is 6.92 Å². The molecule has 0 aliphatic rings. The van der Waals surface area contributed by atoms with E-state index in [1.54, 1.807) is 6.92 Å². The Morgan fingerprint density at radius 2 is 2.25 bits per heavy atom. The summed E-state index contributed by atoms with van der Waals surface area (Å²) in [6.07, 6.45) is 0. The van der Waals surface area contributed by atoms with Gasteiger partial charge in [-0.3, -0.25) is 9.59 Å². The monoisotopic (exact) mass is 171 g/mol. The normalized spacial score (nSPS) is 12.8. The van der Waals surface area contributed by atoms with Crippen LogP contribution in [-0.2, 0) is 4.79 Å². The van der Waals surface area contributed by atoms with Gasteiger partial charge >= 0.3 is 5.97 Å². The molecule has 0 aliphatic heterocycles. The van der Waals surface area contributed by atoms with Gasteiger partial charge in [-0.25, -0.2) is 0 Å². The Kier molecular flexibility index (Phi) is 2.03. The van der Waals surface area contributed by atoms with Crippen molar-refractivity contribution in [2.24, 2.45) is 0 Å². The van der Waals surface area contributed by atoms with E-state index in [9.17, 15) is 9.59 Å². The van der Waals surface area contributed by atoms with Crippen LogP contribution in [0.2, 0.25) is 0 Å². The molecule has 0 bridgehead atoms. The van der Waals surface area contributed by atoms with Gasteiger partial charge in [0.1, 0.15) is 5.76 Å². The summed E-state index contributed by atoms with van der Waals surface area (Å²) in [5.41, 5.74) is -0.287. The van der Waals surface area contributed by atoms with E-state index in [1.807, 2.05) is 0 Å². The van der Waals surface area contributed by atoms with Crippen LogP contribution < -0.4 is 5.56 Å². The first-order valence-electron chi connectivity index (χ1n) is 3.44. The molecule has 0 spiro atoms. The highest BCUT2D eigenvalue weighted by Crippen LogP contribution is 2.14. The van der Waals surface area contributed by atoms with E-state index < -0.39 is 17.4 Å². The molecular weight excluding hydrogens is 162 g/mol. The van der Waals surface area contributed by atoms with Gasteiger partial charge in [0.25, 0.3) is 5.56 Å². The van der Waals surface area contributed by atoms with Crippen LogP contribution in [0.25, 0.3) is 0 Å². The second-order valence-electron chi connectivity index (χ2n) is 2.56. The number of hydrogen-bond donors (Lipinski definition) is 2. The minimum absolute atomic E-state index is 0.183. The fraction of sp³-hybridized carbons (Fsp3) is 0.429. The van der Waals surface area contributed by atoms with Crippen LogP contribution in [0.5, 0.6) is 0 Å². The Balaban J connectivity index is 3.18. The third kappa shape index (κ3) is 1.25. The summed E-state index contributed by atoms with van der Waals surface area (Å²) in [6.45, 7) is 2.99. The van der Waals surface area contributed by atoms with E-state index in [-0.39, 0.29) is 5.56 Å². The number of carboxylic acids is 1. The van der Waals surface area contributed by atoms with Gasteiger partial charge < -0.3 is 9.63 Å². The summed E-state index contributed by atoms with van der Waals surface area (Å²) in [5, 5.41) is 10.7. The average molecular weight is 171 g/mol. The molecule has 1 aromatic rings. The maximum atomic E-state index is 11.0. The van der Waals surface area contributed by atoms with Crippen molar-refractivity contribution in [1.29, 1.82) is 0 Å². The molecule has 5 heteroatoms. The van der Waals surface area contributed by atoms with E-state index >= 15 is 0 Å². The van der Waals surface area contributed by atoms with Crippen LogP contribution in [0, 0.1) is 6.92 Å². The fourth-order valence-corrected chi connectivity index (χ4v) is 1.02. The maximum absolute atomic E-state index is 11.0. The Bertz CT molecular complexity index is 349. The molecule has 5 nitrogen and oxygen atoms in total. The van der Waals surface area contributed by atoms with Gasteiger partial charge in [0, 0.05) is 0 Å². The van der Waals surface area contributed by atoms with Crippen molar-refractivity contribution in [3.05, 3.63) is 21.7 Å². The first-order chi connectivity index (χ1) is 5.54. The molecule has 0 radical (unpaired) electrons.